The zero-order valence-corrected chi connectivity index (χ0v) is 11.2. The molecule has 0 saturated heterocycles. The van der Waals surface area contributed by atoms with E-state index in [0.717, 1.165) is 0 Å². The van der Waals surface area contributed by atoms with Crippen LogP contribution in [-0.2, 0) is 9.59 Å². The molecule has 1 N–H and O–H groups in total. The number of nitrogens with one attached hydrogen (secondary N) is 1. The minimum absolute atomic E-state index is 0.0272. The van der Waals surface area contributed by atoms with E-state index in [1.807, 2.05) is 20.8 Å². The monoisotopic (exact) mass is 253 g/mol. The van der Waals surface area contributed by atoms with E-state index in [2.05, 4.69) is 10.5 Å². The minimum atomic E-state index is -0.279. The fourth-order valence-corrected chi connectivity index (χ4v) is 1.49. The van der Waals surface area contributed by atoms with Crippen LogP contribution in [0.15, 0.2) is 10.6 Å². The number of aryl methyl sites for hydroxylation is 1. The second kappa shape index (κ2) is 6.18. The normalized spacial score (nSPS) is 10.5. The summed E-state index contributed by atoms with van der Waals surface area (Å²) in [7, 11) is 0. The number of carbonyl (C=O) groups excluding carboxylic acids is 2. The van der Waals surface area contributed by atoms with Crippen molar-refractivity contribution in [1.82, 2.24) is 10.1 Å². The summed E-state index contributed by atoms with van der Waals surface area (Å²) in [4.78, 5) is 25.0. The maximum atomic E-state index is 11.8. The Morgan fingerprint density at radius 1 is 1.50 bits per heavy atom. The second-order valence-corrected chi connectivity index (χ2v) is 4.38. The van der Waals surface area contributed by atoms with Crippen LogP contribution in [0, 0.1) is 12.8 Å². The average Bonchev–Trinajstić information content (AvgIpc) is 2.70. The third-order valence-corrected chi connectivity index (χ3v) is 2.42. The molecule has 0 aliphatic carbocycles. The molecule has 0 aromatic carbocycles. The van der Waals surface area contributed by atoms with Crippen molar-refractivity contribution in [3.8, 4) is 0 Å². The molecule has 0 aliphatic rings. The number of likely N-dealkylation sites (N-methyl/N-ethyl adjacent to an activating group) is 1. The molecule has 0 aliphatic heterocycles. The van der Waals surface area contributed by atoms with Gasteiger partial charge in [-0.15, -0.1) is 0 Å². The van der Waals surface area contributed by atoms with E-state index in [9.17, 15) is 9.59 Å². The maximum absolute atomic E-state index is 11.8. The third kappa shape index (κ3) is 3.87. The van der Waals surface area contributed by atoms with Crippen LogP contribution in [-0.4, -0.2) is 35.0 Å². The number of amides is 2. The zero-order chi connectivity index (χ0) is 13.7. The van der Waals surface area contributed by atoms with Crippen LogP contribution >= 0.6 is 0 Å². The van der Waals surface area contributed by atoms with Crippen LogP contribution in [0.1, 0.15) is 26.5 Å². The highest BCUT2D eigenvalue weighted by Gasteiger charge is 2.18. The number of anilines is 1. The summed E-state index contributed by atoms with van der Waals surface area (Å²) >= 11 is 0. The molecule has 0 bridgehead atoms. The minimum Gasteiger partial charge on any atom is -0.360 e. The lowest BCUT2D eigenvalue weighted by atomic mass is 10.2. The van der Waals surface area contributed by atoms with Crippen LogP contribution in [0.2, 0.25) is 0 Å². The SMILES string of the molecule is CCN(CC(=O)Nc1cc(C)on1)C(=O)C(C)C. The van der Waals surface area contributed by atoms with Crippen molar-refractivity contribution in [1.29, 1.82) is 0 Å². The largest absolute Gasteiger partial charge is 0.360 e. The highest BCUT2D eigenvalue weighted by molar-refractivity contribution is 5.94. The molecule has 2 amide bonds. The maximum Gasteiger partial charge on any atom is 0.245 e. The Balaban J connectivity index is 2.55. The van der Waals surface area contributed by atoms with Gasteiger partial charge in [0.2, 0.25) is 11.8 Å². The Hall–Kier alpha value is -1.85. The third-order valence-electron chi connectivity index (χ3n) is 2.42. The predicted octanol–water partition coefficient (Wildman–Crippen LogP) is 1.43. The van der Waals surface area contributed by atoms with Crippen molar-refractivity contribution in [3.63, 3.8) is 0 Å². The average molecular weight is 253 g/mol. The molecule has 0 atom stereocenters. The van der Waals surface area contributed by atoms with Crippen molar-refractivity contribution in [2.24, 2.45) is 5.92 Å². The van der Waals surface area contributed by atoms with Gasteiger partial charge >= 0.3 is 0 Å². The molecule has 6 heteroatoms. The lowest BCUT2D eigenvalue weighted by molar-refractivity contribution is -0.137. The van der Waals surface area contributed by atoms with E-state index >= 15 is 0 Å². The standard InChI is InChI=1S/C12H19N3O3/c1-5-15(12(17)8(2)3)7-11(16)13-10-6-9(4)18-14-10/h6,8H,5,7H2,1-4H3,(H,13,14,16). The molecular weight excluding hydrogens is 234 g/mol. The molecule has 1 heterocycles. The van der Waals surface area contributed by atoms with E-state index in [4.69, 9.17) is 4.52 Å². The summed E-state index contributed by atoms with van der Waals surface area (Å²) in [5.74, 6) is 0.552. The Bertz CT molecular complexity index is 426. The van der Waals surface area contributed by atoms with E-state index in [1.165, 1.54) is 4.90 Å². The first-order valence-corrected chi connectivity index (χ1v) is 5.96. The fraction of sp³-hybridized carbons (Fsp3) is 0.583. The summed E-state index contributed by atoms with van der Waals surface area (Å²) < 4.78 is 4.84. The van der Waals surface area contributed by atoms with Gasteiger partial charge in [-0.3, -0.25) is 9.59 Å². The van der Waals surface area contributed by atoms with Gasteiger partial charge in [-0.2, -0.15) is 0 Å². The van der Waals surface area contributed by atoms with E-state index in [0.29, 0.717) is 18.1 Å². The summed E-state index contributed by atoms with van der Waals surface area (Å²) in [5, 5.41) is 6.24. The van der Waals surface area contributed by atoms with Crippen LogP contribution in [0.4, 0.5) is 5.82 Å². The fourth-order valence-electron chi connectivity index (χ4n) is 1.49. The Morgan fingerprint density at radius 3 is 2.61 bits per heavy atom. The summed E-state index contributed by atoms with van der Waals surface area (Å²) in [6.07, 6.45) is 0. The van der Waals surface area contributed by atoms with Crippen LogP contribution in [0.5, 0.6) is 0 Å². The number of hydrogen-bond donors (Lipinski definition) is 1. The summed E-state index contributed by atoms with van der Waals surface area (Å²) in [6.45, 7) is 7.73. The lowest BCUT2D eigenvalue weighted by Crippen LogP contribution is -2.40. The van der Waals surface area contributed by atoms with Crippen LogP contribution in [0.25, 0.3) is 0 Å². The van der Waals surface area contributed by atoms with Gasteiger partial charge < -0.3 is 14.7 Å². The molecule has 1 rings (SSSR count). The molecule has 0 unspecified atom stereocenters. The molecule has 0 saturated carbocycles. The molecule has 0 fully saturated rings. The van der Waals surface area contributed by atoms with Crippen molar-refractivity contribution >= 4 is 17.6 Å². The topological polar surface area (TPSA) is 75.4 Å². The molecule has 1 aromatic heterocycles. The molecule has 6 nitrogen and oxygen atoms in total. The van der Waals surface area contributed by atoms with Crippen LogP contribution < -0.4 is 5.32 Å². The summed E-state index contributed by atoms with van der Waals surface area (Å²) in [5.41, 5.74) is 0. The van der Waals surface area contributed by atoms with Gasteiger partial charge in [0.05, 0.1) is 6.54 Å². The molecule has 1 aromatic rings. The number of hydrogen-bond acceptors (Lipinski definition) is 4. The first kappa shape index (κ1) is 14.2. The highest BCUT2D eigenvalue weighted by atomic mass is 16.5. The smallest absolute Gasteiger partial charge is 0.245 e. The first-order chi connectivity index (χ1) is 8.43. The Morgan fingerprint density at radius 2 is 2.17 bits per heavy atom. The van der Waals surface area contributed by atoms with E-state index < -0.39 is 0 Å². The summed E-state index contributed by atoms with van der Waals surface area (Å²) in [6, 6.07) is 1.62. The number of rotatable bonds is 5. The lowest BCUT2D eigenvalue weighted by Gasteiger charge is -2.21. The highest BCUT2D eigenvalue weighted by Crippen LogP contribution is 2.07. The van der Waals surface area contributed by atoms with Gasteiger partial charge in [0, 0.05) is 18.5 Å². The molecule has 0 radical (unpaired) electrons. The van der Waals surface area contributed by atoms with Gasteiger partial charge in [-0.25, -0.2) is 0 Å². The van der Waals surface area contributed by atoms with Gasteiger partial charge in [0.25, 0.3) is 0 Å². The van der Waals surface area contributed by atoms with Gasteiger partial charge in [0.15, 0.2) is 5.82 Å². The molecular formula is C12H19N3O3. The number of aromatic nitrogens is 1. The van der Waals surface area contributed by atoms with Crippen LogP contribution in [0.3, 0.4) is 0 Å². The van der Waals surface area contributed by atoms with Crippen molar-refractivity contribution in [2.45, 2.75) is 27.7 Å². The van der Waals surface area contributed by atoms with Crippen molar-refractivity contribution < 1.29 is 14.1 Å². The molecule has 100 valence electrons. The first-order valence-electron chi connectivity index (χ1n) is 5.96. The van der Waals surface area contributed by atoms with Gasteiger partial charge in [-0.05, 0) is 13.8 Å². The molecule has 18 heavy (non-hydrogen) atoms. The second-order valence-electron chi connectivity index (χ2n) is 4.38. The molecule has 0 spiro atoms. The number of nitrogens with zero attached hydrogens (tertiary/aromatic N) is 2. The van der Waals surface area contributed by atoms with Crippen molar-refractivity contribution in [2.75, 3.05) is 18.4 Å². The quantitative estimate of drug-likeness (QED) is 0.861. The Labute approximate surface area is 106 Å². The predicted molar refractivity (Wildman–Crippen MR) is 67.0 cm³/mol. The van der Waals surface area contributed by atoms with E-state index in [1.54, 1.807) is 13.0 Å². The number of carbonyl (C=O) groups is 2. The van der Waals surface area contributed by atoms with Gasteiger partial charge in [-0.1, -0.05) is 19.0 Å². The zero-order valence-electron chi connectivity index (χ0n) is 11.2. The van der Waals surface area contributed by atoms with E-state index in [-0.39, 0.29) is 24.3 Å². The Kier molecular flexibility index (Phi) is 4.88. The van der Waals surface area contributed by atoms with Crippen molar-refractivity contribution in [3.05, 3.63) is 11.8 Å². The van der Waals surface area contributed by atoms with Gasteiger partial charge in [0.1, 0.15) is 5.76 Å².